The average molecular weight is 504 g/mol. The summed E-state index contributed by atoms with van der Waals surface area (Å²) >= 11 is 3.84. The van der Waals surface area contributed by atoms with Gasteiger partial charge < -0.3 is 19.5 Å². The molecule has 5 rings (SSSR count). The number of benzene rings is 1. The number of aliphatic hydroxyl groups is 1. The molecule has 8 heteroatoms. The number of aliphatic hydroxyl groups excluding tert-OH is 1. The molecule has 1 spiro atoms. The van der Waals surface area contributed by atoms with E-state index in [4.69, 9.17) is 9.47 Å². The van der Waals surface area contributed by atoms with Crippen molar-refractivity contribution >= 4 is 22.0 Å². The number of hydrogen-bond donors (Lipinski definition) is 1. The summed E-state index contributed by atoms with van der Waals surface area (Å²) in [4.78, 5) is 14.3. The molecule has 0 saturated carbocycles. The standard InChI is InChI=1S/C24H30BrN3O4/c25-22-21(29)20-18(15-26-28(20)19-8-4-5-13-31-19)14-24(22)9-11-27(12-10-24)23(30)32-16-17-6-2-1-3-7-17/h1-3,6-7,15,19,21-22,29H,4-5,8-14,16H2. The Morgan fingerprint density at radius 3 is 2.75 bits per heavy atom. The van der Waals surface area contributed by atoms with Crippen molar-refractivity contribution in [3.05, 3.63) is 53.3 Å². The third-order valence-electron chi connectivity index (χ3n) is 7.25. The van der Waals surface area contributed by atoms with Crippen LogP contribution < -0.4 is 0 Å². The van der Waals surface area contributed by atoms with Crippen LogP contribution in [-0.2, 0) is 22.5 Å². The Hall–Kier alpha value is -1.90. The molecule has 3 atom stereocenters. The van der Waals surface area contributed by atoms with E-state index in [0.717, 1.165) is 62.0 Å². The van der Waals surface area contributed by atoms with Gasteiger partial charge in [0, 0.05) is 19.7 Å². The van der Waals surface area contributed by atoms with E-state index in [1.54, 1.807) is 4.90 Å². The monoisotopic (exact) mass is 503 g/mol. The number of alkyl halides is 1. The molecule has 1 aliphatic carbocycles. The van der Waals surface area contributed by atoms with Gasteiger partial charge in [0.2, 0.25) is 0 Å². The number of piperidine rings is 1. The van der Waals surface area contributed by atoms with E-state index in [1.165, 1.54) is 0 Å². The number of amides is 1. The van der Waals surface area contributed by atoms with Crippen LogP contribution >= 0.6 is 15.9 Å². The minimum Gasteiger partial charge on any atom is -0.445 e. The summed E-state index contributed by atoms with van der Waals surface area (Å²) in [6.07, 6.45) is 6.49. The fourth-order valence-corrected chi connectivity index (χ4v) is 6.23. The number of carbonyl (C=O) groups excluding carboxylic acids is 1. The van der Waals surface area contributed by atoms with E-state index >= 15 is 0 Å². The third kappa shape index (κ3) is 4.08. The highest BCUT2D eigenvalue weighted by Gasteiger charge is 2.50. The predicted octanol–water partition coefficient (Wildman–Crippen LogP) is 4.35. The molecule has 172 valence electrons. The molecule has 1 amide bonds. The number of carbonyl (C=O) groups is 1. The predicted molar refractivity (Wildman–Crippen MR) is 122 cm³/mol. The first-order valence-electron chi connectivity index (χ1n) is 11.5. The van der Waals surface area contributed by atoms with Crippen molar-refractivity contribution in [2.75, 3.05) is 19.7 Å². The first-order valence-corrected chi connectivity index (χ1v) is 12.4. The number of rotatable bonds is 3. The Morgan fingerprint density at radius 1 is 1.25 bits per heavy atom. The largest absolute Gasteiger partial charge is 0.445 e. The van der Waals surface area contributed by atoms with Crippen molar-refractivity contribution in [1.82, 2.24) is 14.7 Å². The smallest absolute Gasteiger partial charge is 0.410 e. The van der Waals surface area contributed by atoms with Crippen LogP contribution in [0.2, 0.25) is 0 Å². The maximum Gasteiger partial charge on any atom is 0.410 e. The normalized spacial score (nSPS) is 27.2. The Balaban J connectivity index is 1.24. The molecule has 2 fully saturated rings. The first kappa shape index (κ1) is 21.9. The molecule has 1 aromatic carbocycles. The van der Waals surface area contributed by atoms with Gasteiger partial charge in [0.15, 0.2) is 6.23 Å². The second kappa shape index (κ2) is 9.15. The van der Waals surface area contributed by atoms with Crippen molar-refractivity contribution in [2.45, 2.75) is 62.3 Å². The lowest BCUT2D eigenvalue weighted by Gasteiger charge is -2.48. The van der Waals surface area contributed by atoms with Crippen LogP contribution in [0, 0.1) is 5.41 Å². The van der Waals surface area contributed by atoms with Crippen molar-refractivity contribution in [2.24, 2.45) is 5.41 Å². The molecule has 32 heavy (non-hydrogen) atoms. The number of aromatic nitrogens is 2. The summed E-state index contributed by atoms with van der Waals surface area (Å²) in [6.45, 7) is 2.27. The molecular weight excluding hydrogens is 474 g/mol. The number of likely N-dealkylation sites (tertiary alicyclic amines) is 1. The highest BCUT2D eigenvalue weighted by atomic mass is 79.9. The van der Waals surface area contributed by atoms with Gasteiger partial charge in [-0.05, 0) is 55.1 Å². The van der Waals surface area contributed by atoms with Crippen LogP contribution in [0.4, 0.5) is 4.79 Å². The molecule has 1 N–H and O–H groups in total. The van der Waals surface area contributed by atoms with E-state index in [2.05, 4.69) is 21.0 Å². The van der Waals surface area contributed by atoms with Gasteiger partial charge in [-0.25, -0.2) is 9.48 Å². The van der Waals surface area contributed by atoms with Gasteiger partial charge in [0.1, 0.15) is 12.7 Å². The van der Waals surface area contributed by atoms with Crippen molar-refractivity contribution in [3.8, 4) is 0 Å². The summed E-state index contributed by atoms with van der Waals surface area (Å²) in [5, 5.41) is 15.9. The summed E-state index contributed by atoms with van der Waals surface area (Å²) in [7, 11) is 0. The minimum atomic E-state index is -0.650. The summed E-state index contributed by atoms with van der Waals surface area (Å²) in [5.74, 6) is 0. The van der Waals surface area contributed by atoms with Gasteiger partial charge in [0.05, 0.1) is 16.7 Å². The average Bonchev–Trinajstić information content (AvgIpc) is 3.26. The zero-order chi connectivity index (χ0) is 22.1. The van der Waals surface area contributed by atoms with Crippen molar-refractivity contribution < 1.29 is 19.4 Å². The zero-order valence-corrected chi connectivity index (χ0v) is 19.7. The Kier molecular flexibility index (Phi) is 6.27. The molecule has 3 unspecified atom stereocenters. The van der Waals surface area contributed by atoms with Crippen molar-refractivity contribution in [1.29, 1.82) is 0 Å². The van der Waals surface area contributed by atoms with Gasteiger partial charge in [0.25, 0.3) is 0 Å². The second-order valence-corrected chi connectivity index (χ2v) is 10.2. The number of fused-ring (bicyclic) bond motifs is 1. The van der Waals surface area contributed by atoms with Gasteiger partial charge in [-0.15, -0.1) is 0 Å². The Bertz CT molecular complexity index is 936. The lowest BCUT2D eigenvalue weighted by Crippen LogP contribution is -2.51. The van der Waals surface area contributed by atoms with Crippen LogP contribution in [0.3, 0.4) is 0 Å². The summed E-state index contributed by atoms with van der Waals surface area (Å²) < 4.78 is 13.3. The molecule has 2 aromatic rings. The van der Waals surface area contributed by atoms with E-state index in [1.807, 2.05) is 41.2 Å². The highest BCUT2D eigenvalue weighted by molar-refractivity contribution is 9.09. The molecule has 3 aliphatic rings. The number of ether oxygens (including phenoxy) is 2. The third-order valence-corrected chi connectivity index (χ3v) is 8.72. The van der Waals surface area contributed by atoms with Crippen LogP contribution in [0.1, 0.15) is 61.3 Å². The minimum absolute atomic E-state index is 0.0860. The van der Waals surface area contributed by atoms with E-state index in [9.17, 15) is 9.90 Å². The maximum atomic E-state index is 12.6. The van der Waals surface area contributed by atoms with Gasteiger partial charge in [-0.3, -0.25) is 0 Å². The SMILES string of the molecule is O=C(OCc1ccccc1)N1CCC2(CC1)Cc1cnn(C3CCCCO3)c1C(O)C2Br. The molecule has 0 radical (unpaired) electrons. The fraction of sp³-hybridized carbons (Fsp3) is 0.583. The number of halogens is 1. The molecule has 2 saturated heterocycles. The molecule has 0 bridgehead atoms. The molecule has 7 nitrogen and oxygen atoms in total. The summed E-state index contributed by atoms with van der Waals surface area (Å²) in [6, 6.07) is 9.73. The van der Waals surface area contributed by atoms with Gasteiger partial charge in [-0.2, -0.15) is 5.10 Å². The lowest BCUT2D eigenvalue weighted by atomic mass is 9.66. The second-order valence-electron chi connectivity index (χ2n) is 9.23. The Labute approximate surface area is 196 Å². The zero-order valence-electron chi connectivity index (χ0n) is 18.2. The lowest BCUT2D eigenvalue weighted by molar-refractivity contribution is -0.0479. The van der Waals surface area contributed by atoms with Crippen LogP contribution in [0.25, 0.3) is 0 Å². The fourth-order valence-electron chi connectivity index (χ4n) is 5.36. The van der Waals surface area contributed by atoms with Gasteiger partial charge >= 0.3 is 6.09 Å². The van der Waals surface area contributed by atoms with Gasteiger partial charge in [-0.1, -0.05) is 46.3 Å². The number of hydrogen-bond acceptors (Lipinski definition) is 5. The van der Waals surface area contributed by atoms with Crippen molar-refractivity contribution in [3.63, 3.8) is 0 Å². The maximum absolute atomic E-state index is 12.6. The van der Waals surface area contributed by atoms with Crippen LogP contribution in [0.5, 0.6) is 0 Å². The highest BCUT2D eigenvalue weighted by Crippen LogP contribution is 2.51. The molecule has 3 heterocycles. The van der Waals surface area contributed by atoms with E-state index in [0.29, 0.717) is 13.1 Å². The molecule has 1 aromatic heterocycles. The topological polar surface area (TPSA) is 76.8 Å². The quantitative estimate of drug-likeness (QED) is 0.629. The molecular formula is C24H30BrN3O4. The van der Waals surface area contributed by atoms with E-state index < -0.39 is 6.10 Å². The summed E-state index contributed by atoms with van der Waals surface area (Å²) in [5.41, 5.74) is 2.86. The van der Waals surface area contributed by atoms with Crippen LogP contribution in [0.15, 0.2) is 36.5 Å². The van der Waals surface area contributed by atoms with E-state index in [-0.39, 0.29) is 29.2 Å². The molecule has 2 aliphatic heterocycles. The number of nitrogens with zero attached hydrogens (tertiary/aromatic N) is 3. The first-order chi connectivity index (χ1) is 15.6. The van der Waals surface area contributed by atoms with Crippen LogP contribution in [-0.4, -0.2) is 50.4 Å². The Morgan fingerprint density at radius 2 is 2.03 bits per heavy atom.